The monoisotopic (exact) mass is 301 g/mol. The molecule has 0 saturated carbocycles. The van der Waals surface area contributed by atoms with Crippen LogP contribution in [0.3, 0.4) is 0 Å². The first-order chi connectivity index (χ1) is 9.21. The Hall–Kier alpha value is -1.89. The Labute approximate surface area is 121 Å². The summed E-state index contributed by atoms with van der Waals surface area (Å²) in [5.41, 5.74) is -0.638. The molecular weight excluding hydrogens is 286 g/mol. The quantitative estimate of drug-likeness (QED) is 0.668. The summed E-state index contributed by atoms with van der Waals surface area (Å²) in [5, 5.41) is 2.55. The SMILES string of the molecule is COC(=O)CNc1cc(C(=O)OC(C)(C)C)nc(Cl)n1. The van der Waals surface area contributed by atoms with E-state index in [-0.39, 0.29) is 23.3 Å². The first-order valence-corrected chi connectivity index (χ1v) is 6.17. The van der Waals surface area contributed by atoms with E-state index in [4.69, 9.17) is 16.3 Å². The maximum absolute atomic E-state index is 11.9. The Morgan fingerprint density at radius 3 is 2.55 bits per heavy atom. The van der Waals surface area contributed by atoms with E-state index in [1.54, 1.807) is 20.8 Å². The van der Waals surface area contributed by atoms with Gasteiger partial charge in [0.1, 0.15) is 18.0 Å². The predicted octanol–water partition coefficient (Wildman–Crippen LogP) is 1.67. The Balaban J connectivity index is 2.85. The molecule has 1 heterocycles. The number of esters is 2. The van der Waals surface area contributed by atoms with E-state index in [1.165, 1.54) is 13.2 Å². The number of carbonyl (C=O) groups excluding carboxylic acids is 2. The standard InChI is InChI=1S/C12H16ClN3O4/c1-12(2,3)20-10(18)7-5-8(16-11(13)15-7)14-6-9(17)19-4/h5H,6H2,1-4H3,(H,14,15,16). The lowest BCUT2D eigenvalue weighted by Crippen LogP contribution is -2.25. The highest BCUT2D eigenvalue weighted by molar-refractivity contribution is 6.28. The molecule has 20 heavy (non-hydrogen) atoms. The number of anilines is 1. The summed E-state index contributed by atoms with van der Waals surface area (Å²) in [7, 11) is 1.27. The lowest BCUT2D eigenvalue weighted by Gasteiger charge is -2.19. The number of carbonyl (C=O) groups is 2. The van der Waals surface area contributed by atoms with Gasteiger partial charge in [0.25, 0.3) is 0 Å². The fourth-order valence-electron chi connectivity index (χ4n) is 1.18. The molecule has 0 aliphatic heterocycles. The molecule has 0 unspecified atom stereocenters. The molecule has 7 nitrogen and oxygen atoms in total. The maximum atomic E-state index is 11.9. The topological polar surface area (TPSA) is 90.4 Å². The highest BCUT2D eigenvalue weighted by Crippen LogP contribution is 2.15. The molecule has 8 heteroatoms. The molecule has 110 valence electrons. The molecule has 0 radical (unpaired) electrons. The summed E-state index contributed by atoms with van der Waals surface area (Å²) in [4.78, 5) is 30.5. The van der Waals surface area contributed by atoms with Crippen molar-refractivity contribution in [1.29, 1.82) is 0 Å². The normalized spacial score (nSPS) is 10.8. The molecule has 0 fully saturated rings. The fourth-order valence-corrected chi connectivity index (χ4v) is 1.36. The van der Waals surface area contributed by atoms with Crippen LogP contribution in [0.25, 0.3) is 0 Å². The van der Waals surface area contributed by atoms with Gasteiger partial charge in [-0.25, -0.2) is 14.8 Å². The van der Waals surface area contributed by atoms with Crippen LogP contribution in [0.2, 0.25) is 5.28 Å². The van der Waals surface area contributed by atoms with Crippen LogP contribution in [-0.4, -0.2) is 41.2 Å². The number of nitrogens with zero attached hydrogens (tertiary/aromatic N) is 2. The summed E-state index contributed by atoms with van der Waals surface area (Å²) in [5.74, 6) is -0.863. The van der Waals surface area contributed by atoms with Gasteiger partial charge < -0.3 is 14.8 Å². The first-order valence-electron chi connectivity index (χ1n) is 5.80. The van der Waals surface area contributed by atoms with Crippen molar-refractivity contribution < 1.29 is 19.1 Å². The Morgan fingerprint density at radius 1 is 1.35 bits per heavy atom. The van der Waals surface area contributed by atoms with E-state index in [2.05, 4.69) is 20.0 Å². The van der Waals surface area contributed by atoms with Crippen molar-refractivity contribution in [3.63, 3.8) is 0 Å². The third kappa shape index (κ3) is 5.40. The average Bonchev–Trinajstić information content (AvgIpc) is 2.33. The number of hydrogen-bond acceptors (Lipinski definition) is 7. The van der Waals surface area contributed by atoms with Crippen molar-refractivity contribution >= 4 is 29.4 Å². The molecule has 1 rings (SSSR count). The van der Waals surface area contributed by atoms with Gasteiger partial charge in [0, 0.05) is 6.07 Å². The summed E-state index contributed by atoms with van der Waals surface area (Å²) in [6.07, 6.45) is 0. The minimum absolute atomic E-state index is 0.00675. The van der Waals surface area contributed by atoms with E-state index in [1.807, 2.05) is 0 Å². The summed E-state index contributed by atoms with van der Waals surface area (Å²) in [6, 6.07) is 1.35. The number of methoxy groups -OCH3 is 1. The summed E-state index contributed by atoms with van der Waals surface area (Å²) < 4.78 is 9.65. The maximum Gasteiger partial charge on any atom is 0.357 e. The van der Waals surface area contributed by atoms with Crippen molar-refractivity contribution in [3.05, 3.63) is 17.0 Å². The lowest BCUT2D eigenvalue weighted by atomic mass is 10.2. The van der Waals surface area contributed by atoms with Gasteiger partial charge in [0.05, 0.1) is 7.11 Å². The zero-order valence-corrected chi connectivity index (χ0v) is 12.4. The highest BCUT2D eigenvalue weighted by Gasteiger charge is 2.20. The number of hydrogen-bond donors (Lipinski definition) is 1. The molecule has 0 spiro atoms. The molecular formula is C12H16ClN3O4. The molecule has 1 aromatic heterocycles. The number of nitrogens with one attached hydrogen (secondary N) is 1. The largest absolute Gasteiger partial charge is 0.468 e. The van der Waals surface area contributed by atoms with Crippen LogP contribution >= 0.6 is 11.6 Å². The Bertz CT molecular complexity index is 514. The summed E-state index contributed by atoms with van der Waals surface area (Å²) in [6.45, 7) is 5.12. The van der Waals surface area contributed by atoms with E-state index < -0.39 is 17.5 Å². The van der Waals surface area contributed by atoms with E-state index >= 15 is 0 Å². The smallest absolute Gasteiger partial charge is 0.357 e. The average molecular weight is 302 g/mol. The second-order valence-corrected chi connectivity index (χ2v) is 5.18. The second-order valence-electron chi connectivity index (χ2n) is 4.84. The van der Waals surface area contributed by atoms with Gasteiger partial charge in [0.2, 0.25) is 5.28 Å². The molecule has 1 aromatic rings. The molecule has 0 aliphatic rings. The predicted molar refractivity (Wildman–Crippen MR) is 72.7 cm³/mol. The van der Waals surface area contributed by atoms with Gasteiger partial charge in [-0.3, -0.25) is 4.79 Å². The van der Waals surface area contributed by atoms with Gasteiger partial charge in [-0.15, -0.1) is 0 Å². The molecule has 0 bridgehead atoms. The van der Waals surface area contributed by atoms with Crippen LogP contribution in [0.4, 0.5) is 5.82 Å². The Kier molecular flexibility index (Phi) is 5.26. The van der Waals surface area contributed by atoms with Crippen molar-refractivity contribution in [2.45, 2.75) is 26.4 Å². The molecule has 0 aliphatic carbocycles. The van der Waals surface area contributed by atoms with Crippen LogP contribution < -0.4 is 5.32 Å². The van der Waals surface area contributed by atoms with Crippen LogP contribution in [0.15, 0.2) is 6.07 Å². The van der Waals surface area contributed by atoms with Gasteiger partial charge in [-0.05, 0) is 32.4 Å². The highest BCUT2D eigenvalue weighted by atomic mass is 35.5. The minimum Gasteiger partial charge on any atom is -0.468 e. The van der Waals surface area contributed by atoms with Gasteiger partial charge in [-0.1, -0.05) is 0 Å². The third-order valence-electron chi connectivity index (χ3n) is 1.95. The van der Waals surface area contributed by atoms with E-state index in [0.717, 1.165) is 0 Å². The molecule has 0 atom stereocenters. The number of aromatic nitrogens is 2. The zero-order valence-electron chi connectivity index (χ0n) is 11.7. The molecule has 0 saturated heterocycles. The van der Waals surface area contributed by atoms with Crippen LogP contribution in [0, 0.1) is 0 Å². The van der Waals surface area contributed by atoms with Crippen molar-refractivity contribution in [1.82, 2.24) is 9.97 Å². The summed E-state index contributed by atoms with van der Waals surface area (Å²) >= 11 is 5.73. The Morgan fingerprint density at radius 2 is 2.00 bits per heavy atom. The fraction of sp³-hybridized carbons (Fsp3) is 0.500. The molecule has 1 N–H and O–H groups in total. The van der Waals surface area contributed by atoms with Crippen LogP contribution in [-0.2, 0) is 14.3 Å². The number of rotatable bonds is 4. The van der Waals surface area contributed by atoms with Crippen molar-refractivity contribution in [3.8, 4) is 0 Å². The first kappa shape index (κ1) is 16.2. The van der Waals surface area contributed by atoms with Crippen LogP contribution in [0.5, 0.6) is 0 Å². The van der Waals surface area contributed by atoms with Crippen molar-refractivity contribution in [2.75, 3.05) is 19.0 Å². The minimum atomic E-state index is -0.645. The number of ether oxygens (including phenoxy) is 2. The third-order valence-corrected chi connectivity index (χ3v) is 2.12. The lowest BCUT2D eigenvalue weighted by molar-refractivity contribution is -0.138. The molecule has 0 aromatic carbocycles. The van der Waals surface area contributed by atoms with Crippen molar-refractivity contribution in [2.24, 2.45) is 0 Å². The second kappa shape index (κ2) is 6.51. The van der Waals surface area contributed by atoms with E-state index in [9.17, 15) is 9.59 Å². The van der Waals surface area contributed by atoms with E-state index in [0.29, 0.717) is 0 Å². The van der Waals surface area contributed by atoms with Gasteiger partial charge >= 0.3 is 11.9 Å². The zero-order chi connectivity index (χ0) is 15.3. The van der Waals surface area contributed by atoms with Gasteiger partial charge in [-0.2, -0.15) is 0 Å². The number of halogens is 1. The van der Waals surface area contributed by atoms with Gasteiger partial charge in [0.15, 0.2) is 5.69 Å². The van der Waals surface area contributed by atoms with Crippen LogP contribution in [0.1, 0.15) is 31.3 Å². The molecule has 0 amide bonds.